The largest absolute Gasteiger partial charge is 0.385 e. The Balaban J connectivity index is 1.96. The molecule has 0 aliphatic rings. The average molecular weight is 266 g/mol. The Labute approximate surface area is 115 Å². The molecule has 1 atom stereocenters. The second-order valence-electron chi connectivity index (χ2n) is 4.67. The first kappa shape index (κ1) is 12.6. The molecular weight excluding hydrogens is 252 g/mol. The van der Waals surface area contributed by atoms with Crippen molar-refractivity contribution in [3.8, 4) is 0 Å². The zero-order valence-electron chi connectivity index (χ0n) is 10.8. The molecule has 3 aromatic rings. The number of aromatic amines is 1. The van der Waals surface area contributed by atoms with Crippen LogP contribution in [0.15, 0.2) is 59.4 Å². The number of fused-ring (bicyclic) bond motifs is 1. The fourth-order valence-electron chi connectivity index (χ4n) is 2.20. The van der Waals surface area contributed by atoms with Gasteiger partial charge in [0.2, 0.25) is 0 Å². The van der Waals surface area contributed by atoms with E-state index in [1.165, 1.54) is 0 Å². The standard InChI is InChI=1S/C16H14N2O2/c19-14(10-11-6-2-1-3-7-11)15-17-13-9-5-4-8-12(13)16(20)18-15/h1-9,14,19H,10H2,(H,17,18,20). The highest BCUT2D eigenvalue weighted by atomic mass is 16.3. The number of aliphatic hydroxyl groups excluding tert-OH is 1. The van der Waals surface area contributed by atoms with E-state index >= 15 is 0 Å². The molecule has 0 saturated heterocycles. The molecule has 0 saturated carbocycles. The Morgan fingerprint density at radius 3 is 2.55 bits per heavy atom. The van der Waals surface area contributed by atoms with E-state index in [2.05, 4.69) is 9.97 Å². The van der Waals surface area contributed by atoms with Gasteiger partial charge in [-0.05, 0) is 17.7 Å². The van der Waals surface area contributed by atoms with Crippen molar-refractivity contribution in [2.24, 2.45) is 0 Å². The lowest BCUT2D eigenvalue weighted by Crippen LogP contribution is -2.16. The minimum Gasteiger partial charge on any atom is -0.385 e. The summed E-state index contributed by atoms with van der Waals surface area (Å²) >= 11 is 0. The highest BCUT2D eigenvalue weighted by molar-refractivity contribution is 5.77. The number of aliphatic hydroxyl groups is 1. The summed E-state index contributed by atoms with van der Waals surface area (Å²) in [6.07, 6.45) is -0.406. The maximum atomic E-state index is 11.9. The lowest BCUT2D eigenvalue weighted by Gasteiger charge is -2.10. The van der Waals surface area contributed by atoms with E-state index in [4.69, 9.17) is 0 Å². The van der Waals surface area contributed by atoms with Crippen LogP contribution in [0.5, 0.6) is 0 Å². The first-order valence-electron chi connectivity index (χ1n) is 6.45. The second-order valence-corrected chi connectivity index (χ2v) is 4.67. The molecule has 0 aliphatic heterocycles. The van der Waals surface area contributed by atoms with Gasteiger partial charge in [0, 0.05) is 6.42 Å². The number of para-hydroxylation sites is 1. The number of H-pyrrole nitrogens is 1. The van der Waals surface area contributed by atoms with Gasteiger partial charge < -0.3 is 10.1 Å². The van der Waals surface area contributed by atoms with Crippen LogP contribution in [0, 0.1) is 0 Å². The number of hydrogen-bond acceptors (Lipinski definition) is 3. The van der Waals surface area contributed by atoms with Gasteiger partial charge in [0.1, 0.15) is 11.9 Å². The summed E-state index contributed by atoms with van der Waals surface area (Å²) in [6.45, 7) is 0. The third kappa shape index (κ3) is 2.46. The molecule has 2 aromatic carbocycles. The molecule has 1 aromatic heterocycles. The topological polar surface area (TPSA) is 66.0 Å². The summed E-state index contributed by atoms with van der Waals surface area (Å²) in [6, 6.07) is 16.7. The average Bonchev–Trinajstić information content (AvgIpc) is 2.48. The predicted molar refractivity (Wildman–Crippen MR) is 77.5 cm³/mol. The zero-order chi connectivity index (χ0) is 13.9. The molecule has 20 heavy (non-hydrogen) atoms. The molecule has 4 nitrogen and oxygen atoms in total. The van der Waals surface area contributed by atoms with Crippen molar-refractivity contribution in [2.45, 2.75) is 12.5 Å². The first-order chi connectivity index (χ1) is 9.74. The molecule has 4 heteroatoms. The van der Waals surface area contributed by atoms with Gasteiger partial charge in [0.05, 0.1) is 10.9 Å². The molecule has 0 radical (unpaired) electrons. The molecular formula is C16H14N2O2. The van der Waals surface area contributed by atoms with Crippen molar-refractivity contribution in [1.29, 1.82) is 0 Å². The molecule has 0 amide bonds. The van der Waals surface area contributed by atoms with E-state index in [9.17, 15) is 9.90 Å². The number of hydrogen-bond donors (Lipinski definition) is 2. The van der Waals surface area contributed by atoms with E-state index in [0.717, 1.165) is 5.56 Å². The van der Waals surface area contributed by atoms with Gasteiger partial charge in [-0.15, -0.1) is 0 Å². The smallest absolute Gasteiger partial charge is 0.258 e. The van der Waals surface area contributed by atoms with Gasteiger partial charge in [0.25, 0.3) is 5.56 Å². The summed E-state index contributed by atoms with van der Waals surface area (Å²) in [5, 5.41) is 10.8. The fourth-order valence-corrected chi connectivity index (χ4v) is 2.20. The van der Waals surface area contributed by atoms with Crippen molar-refractivity contribution in [1.82, 2.24) is 9.97 Å². The number of rotatable bonds is 3. The van der Waals surface area contributed by atoms with E-state index < -0.39 is 6.10 Å². The Hall–Kier alpha value is -2.46. The molecule has 2 N–H and O–H groups in total. The van der Waals surface area contributed by atoms with Crippen molar-refractivity contribution < 1.29 is 5.11 Å². The summed E-state index contributed by atoms with van der Waals surface area (Å²) in [5.41, 5.74) is 1.37. The van der Waals surface area contributed by atoms with E-state index in [1.54, 1.807) is 18.2 Å². The van der Waals surface area contributed by atoms with Gasteiger partial charge in [-0.25, -0.2) is 4.98 Å². The minimum atomic E-state index is -0.824. The quantitative estimate of drug-likeness (QED) is 0.763. The van der Waals surface area contributed by atoms with Gasteiger partial charge in [-0.2, -0.15) is 0 Å². The van der Waals surface area contributed by atoms with Gasteiger partial charge >= 0.3 is 0 Å². The van der Waals surface area contributed by atoms with Crippen molar-refractivity contribution in [3.63, 3.8) is 0 Å². The molecule has 100 valence electrons. The summed E-state index contributed by atoms with van der Waals surface area (Å²) in [5.74, 6) is 0.303. The SMILES string of the molecule is O=c1[nH]c(C(O)Cc2ccccc2)nc2ccccc12. The normalized spacial score (nSPS) is 12.4. The molecule has 0 aliphatic carbocycles. The first-order valence-corrected chi connectivity index (χ1v) is 6.45. The molecule has 0 spiro atoms. The number of nitrogens with one attached hydrogen (secondary N) is 1. The lowest BCUT2D eigenvalue weighted by molar-refractivity contribution is 0.168. The maximum Gasteiger partial charge on any atom is 0.258 e. The summed E-state index contributed by atoms with van der Waals surface area (Å²) in [4.78, 5) is 18.9. The maximum absolute atomic E-state index is 11.9. The van der Waals surface area contributed by atoms with Crippen LogP contribution in [0.2, 0.25) is 0 Å². The predicted octanol–water partition coefficient (Wildman–Crippen LogP) is 2.20. The zero-order valence-corrected chi connectivity index (χ0v) is 10.8. The molecule has 0 bridgehead atoms. The van der Waals surface area contributed by atoms with Crippen LogP contribution in [0.3, 0.4) is 0 Å². The van der Waals surface area contributed by atoms with Gasteiger partial charge in [-0.3, -0.25) is 4.79 Å². The molecule has 1 heterocycles. The van der Waals surface area contributed by atoms with E-state index in [1.807, 2.05) is 36.4 Å². The van der Waals surface area contributed by atoms with Crippen molar-refractivity contribution in [2.75, 3.05) is 0 Å². The molecule has 3 rings (SSSR count). The monoisotopic (exact) mass is 266 g/mol. The van der Waals surface area contributed by atoms with Crippen LogP contribution in [-0.4, -0.2) is 15.1 Å². The Bertz CT molecular complexity index is 781. The molecule has 1 unspecified atom stereocenters. The number of aromatic nitrogens is 2. The van der Waals surface area contributed by atoms with Crippen molar-refractivity contribution >= 4 is 10.9 Å². The molecule has 0 fully saturated rings. The fraction of sp³-hybridized carbons (Fsp3) is 0.125. The third-order valence-electron chi connectivity index (χ3n) is 3.22. The Kier molecular flexibility index (Phi) is 3.31. The Morgan fingerprint density at radius 2 is 1.75 bits per heavy atom. The van der Waals surface area contributed by atoms with Crippen LogP contribution < -0.4 is 5.56 Å². The Morgan fingerprint density at radius 1 is 1.05 bits per heavy atom. The number of benzene rings is 2. The van der Waals surface area contributed by atoms with Crippen LogP contribution in [-0.2, 0) is 6.42 Å². The van der Waals surface area contributed by atoms with Crippen LogP contribution in [0.4, 0.5) is 0 Å². The second kappa shape index (κ2) is 5.27. The highest BCUT2D eigenvalue weighted by Gasteiger charge is 2.13. The van der Waals surface area contributed by atoms with Gasteiger partial charge in [0.15, 0.2) is 0 Å². The van der Waals surface area contributed by atoms with Crippen LogP contribution in [0.1, 0.15) is 17.5 Å². The van der Waals surface area contributed by atoms with E-state index in [0.29, 0.717) is 23.1 Å². The van der Waals surface area contributed by atoms with E-state index in [-0.39, 0.29) is 5.56 Å². The lowest BCUT2D eigenvalue weighted by atomic mass is 10.1. The number of nitrogens with zero attached hydrogens (tertiary/aromatic N) is 1. The summed E-state index contributed by atoms with van der Waals surface area (Å²) < 4.78 is 0. The minimum absolute atomic E-state index is 0.224. The third-order valence-corrected chi connectivity index (χ3v) is 3.22. The summed E-state index contributed by atoms with van der Waals surface area (Å²) in [7, 11) is 0. The van der Waals surface area contributed by atoms with Crippen molar-refractivity contribution in [3.05, 3.63) is 76.3 Å². The highest BCUT2D eigenvalue weighted by Crippen LogP contribution is 2.15. The van der Waals surface area contributed by atoms with Crippen LogP contribution >= 0.6 is 0 Å². The van der Waals surface area contributed by atoms with Crippen LogP contribution in [0.25, 0.3) is 10.9 Å². The van der Waals surface area contributed by atoms with Gasteiger partial charge in [-0.1, -0.05) is 42.5 Å².